The highest BCUT2D eigenvalue weighted by atomic mass is 15.1. The molecule has 0 atom stereocenters. The summed E-state index contributed by atoms with van der Waals surface area (Å²) >= 11 is 0. The van der Waals surface area contributed by atoms with E-state index in [2.05, 4.69) is 39.8 Å². The lowest BCUT2D eigenvalue weighted by atomic mass is 10.2. The number of aromatic nitrogens is 2. The Balaban J connectivity index is 2.37. The van der Waals surface area contributed by atoms with Crippen LogP contribution in [0.3, 0.4) is 0 Å². The van der Waals surface area contributed by atoms with Crippen LogP contribution in [-0.4, -0.2) is 36.6 Å². The molecule has 5 nitrogen and oxygen atoms in total. The van der Waals surface area contributed by atoms with E-state index in [-0.39, 0.29) is 0 Å². The van der Waals surface area contributed by atoms with Gasteiger partial charge in [-0.3, -0.25) is 0 Å². The molecule has 3 N–H and O–H groups in total. The minimum Gasteiger partial charge on any atom is -0.370 e. The fourth-order valence-corrected chi connectivity index (χ4v) is 1.34. The maximum Gasteiger partial charge on any atom is 0.131 e. The van der Waals surface area contributed by atoms with E-state index in [1.165, 1.54) is 0 Å². The fraction of sp³-hybridized carbons (Fsp3) is 0.667. The van der Waals surface area contributed by atoms with Gasteiger partial charge in [-0.1, -0.05) is 13.8 Å². The smallest absolute Gasteiger partial charge is 0.131 e. The van der Waals surface area contributed by atoms with Crippen LogP contribution in [0, 0.1) is 5.92 Å². The zero-order chi connectivity index (χ0) is 12.5. The number of hydrogen-bond acceptors (Lipinski definition) is 5. The highest BCUT2D eigenvalue weighted by Gasteiger charge is 1.99. The zero-order valence-corrected chi connectivity index (χ0v) is 11.0. The standard InChI is InChI=1S/C12H23N5/c1-10(2)8-15-12-7-11(16-9-17-12)14-6-4-5-13-3/h7,9-10,13H,4-6,8H2,1-3H3,(H2,14,15,16,17). The summed E-state index contributed by atoms with van der Waals surface area (Å²) in [6.45, 7) is 7.20. The largest absolute Gasteiger partial charge is 0.370 e. The predicted octanol–water partition coefficient (Wildman–Crippen LogP) is 1.57. The van der Waals surface area contributed by atoms with Crippen LogP contribution in [0.2, 0.25) is 0 Å². The lowest BCUT2D eigenvalue weighted by molar-refractivity contribution is 0.687. The summed E-state index contributed by atoms with van der Waals surface area (Å²) in [5.74, 6) is 2.36. The second-order valence-corrected chi connectivity index (χ2v) is 4.45. The lowest BCUT2D eigenvalue weighted by Crippen LogP contribution is -2.14. The molecule has 0 amide bonds. The van der Waals surface area contributed by atoms with E-state index in [1.807, 2.05) is 13.1 Å². The van der Waals surface area contributed by atoms with E-state index >= 15 is 0 Å². The number of rotatable bonds is 8. The molecule has 1 rings (SSSR count). The maximum absolute atomic E-state index is 4.18. The number of nitrogens with zero attached hydrogens (tertiary/aromatic N) is 2. The maximum atomic E-state index is 4.18. The Morgan fingerprint density at radius 3 is 2.47 bits per heavy atom. The quantitative estimate of drug-likeness (QED) is 0.599. The first-order chi connectivity index (χ1) is 8.22. The van der Waals surface area contributed by atoms with E-state index in [0.29, 0.717) is 5.92 Å². The molecule has 0 aliphatic carbocycles. The molecule has 1 aromatic rings. The molecule has 0 aliphatic rings. The molecule has 5 heteroatoms. The second-order valence-electron chi connectivity index (χ2n) is 4.45. The van der Waals surface area contributed by atoms with Crippen molar-refractivity contribution in [3.8, 4) is 0 Å². The Bertz CT molecular complexity index is 314. The Morgan fingerprint density at radius 1 is 1.12 bits per heavy atom. The van der Waals surface area contributed by atoms with Crippen molar-refractivity contribution < 1.29 is 0 Å². The molecular formula is C12H23N5. The molecule has 0 radical (unpaired) electrons. The molecular weight excluding hydrogens is 214 g/mol. The molecule has 17 heavy (non-hydrogen) atoms. The topological polar surface area (TPSA) is 61.9 Å². The van der Waals surface area contributed by atoms with E-state index < -0.39 is 0 Å². The van der Waals surface area contributed by atoms with Gasteiger partial charge in [-0.15, -0.1) is 0 Å². The van der Waals surface area contributed by atoms with Crippen LogP contribution < -0.4 is 16.0 Å². The Kier molecular flexibility index (Phi) is 6.32. The molecule has 0 aromatic carbocycles. The summed E-state index contributed by atoms with van der Waals surface area (Å²) in [4.78, 5) is 8.36. The van der Waals surface area contributed by atoms with E-state index in [4.69, 9.17) is 0 Å². The van der Waals surface area contributed by atoms with Crippen LogP contribution in [0.1, 0.15) is 20.3 Å². The van der Waals surface area contributed by atoms with E-state index in [0.717, 1.165) is 37.7 Å². The van der Waals surface area contributed by atoms with Crippen molar-refractivity contribution >= 4 is 11.6 Å². The van der Waals surface area contributed by atoms with Crippen LogP contribution in [0.15, 0.2) is 12.4 Å². The van der Waals surface area contributed by atoms with Gasteiger partial charge >= 0.3 is 0 Å². The van der Waals surface area contributed by atoms with Crippen LogP contribution in [0.25, 0.3) is 0 Å². The first kappa shape index (κ1) is 13.7. The third-order valence-corrected chi connectivity index (χ3v) is 2.27. The molecule has 0 saturated heterocycles. The van der Waals surface area contributed by atoms with Gasteiger partial charge in [0.2, 0.25) is 0 Å². The number of anilines is 2. The molecule has 0 bridgehead atoms. The van der Waals surface area contributed by atoms with Crippen LogP contribution in [-0.2, 0) is 0 Å². The summed E-state index contributed by atoms with van der Waals surface area (Å²) < 4.78 is 0. The fourth-order valence-electron chi connectivity index (χ4n) is 1.34. The normalized spacial score (nSPS) is 10.6. The second kappa shape index (κ2) is 7.84. The van der Waals surface area contributed by atoms with Crippen LogP contribution in [0.4, 0.5) is 11.6 Å². The minimum absolute atomic E-state index is 0.608. The average Bonchev–Trinajstić information content (AvgIpc) is 2.33. The molecule has 1 heterocycles. The van der Waals surface area contributed by atoms with E-state index in [9.17, 15) is 0 Å². The summed E-state index contributed by atoms with van der Waals surface area (Å²) in [6.07, 6.45) is 2.67. The third-order valence-electron chi connectivity index (χ3n) is 2.27. The highest BCUT2D eigenvalue weighted by molar-refractivity contribution is 5.46. The average molecular weight is 237 g/mol. The Morgan fingerprint density at radius 2 is 1.82 bits per heavy atom. The summed E-state index contributed by atoms with van der Waals surface area (Å²) in [7, 11) is 1.96. The molecule has 0 aliphatic heterocycles. The van der Waals surface area contributed by atoms with Crippen molar-refractivity contribution in [2.45, 2.75) is 20.3 Å². The van der Waals surface area contributed by atoms with Crippen molar-refractivity contribution in [3.63, 3.8) is 0 Å². The zero-order valence-electron chi connectivity index (χ0n) is 11.0. The predicted molar refractivity (Wildman–Crippen MR) is 72.4 cm³/mol. The first-order valence-corrected chi connectivity index (χ1v) is 6.16. The molecule has 96 valence electrons. The van der Waals surface area contributed by atoms with Crippen LogP contribution in [0.5, 0.6) is 0 Å². The molecule has 0 spiro atoms. The molecule has 1 aromatic heterocycles. The SMILES string of the molecule is CNCCCNc1cc(NCC(C)C)ncn1. The van der Waals surface area contributed by atoms with Crippen molar-refractivity contribution in [1.82, 2.24) is 15.3 Å². The van der Waals surface area contributed by atoms with Crippen molar-refractivity contribution in [1.29, 1.82) is 0 Å². The monoisotopic (exact) mass is 237 g/mol. The molecule has 0 unspecified atom stereocenters. The highest BCUT2D eigenvalue weighted by Crippen LogP contribution is 2.08. The van der Waals surface area contributed by atoms with Gasteiger partial charge in [-0.05, 0) is 25.9 Å². The Hall–Kier alpha value is -1.36. The Labute approximate surface area is 103 Å². The van der Waals surface area contributed by atoms with Gasteiger partial charge in [0.05, 0.1) is 0 Å². The van der Waals surface area contributed by atoms with Gasteiger partial charge in [0, 0.05) is 19.2 Å². The first-order valence-electron chi connectivity index (χ1n) is 6.16. The molecule has 0 fully saturated rings. The molecule has 0 saturated carbocycles. The van der Waals surface area contributed by atoms with E-state index in [1.54, 1.807) is 6.33 Å². The van der Waals surface area contributed by atoms with Gasteiger partial charge < -0.3 is 16.0 Å². The van der Waals surface area contributed by atoms with Gasteiger partial charge in [0.1, 0.15) is 18.0 Å². The summed E-state index contributed by atoms with van der Waals surface area (Å²) in [6, 6.07) is 1.95. The van der Waals surface area contributed by atoms with Gasteiger partial charge in [0.15, 0.2) is 0 Å². The van der Waals surface area contributed by atoms with Gasteiger partial charge in [-0.25, -0.2) is 9.97 Å². The number of nitrogens with one attached hydrogen (secondary N) is 3. The van der Waals surface area contributed by atoms with Crippen molar-refractivity contribution in [3.05, 3.63) is 12.4 Å². The van der Waals surface area contributed by atoms with Gasteiger partial charge in [0.25, 0.3) is 0 Å². The summed E-state index contributed by atoms with van der Waals surface area (Å²) in [5.41, 5.74) is 0. The lowest BCUT2D eigenvalue weighted by Gasteiger charge is -2.09. The van der Waals surface area contributed by atoms with Crippen LogP contribution >= 0.6 is 0 Å². The van der Waals surface area contributed by atoms with Crippen molar-refractivity contribution in [2.24, 2.45) is 5.92 Å². The summed E-state index contributed by atoms with van der Waals surface area (Å²) in [5, 5.41) is 9.67. The van der Waals surface area contributed by atoms with Crippen molar-refractivity contribution in [2.75, 3.05) is 37.3 Å². The number of hydrogen-bond donors (Lipinski definition) is 3. The van der Waals surface area contributed by atoms with Gasteiger partial charge in [-0.2, -0.15) is 0 Å². The minimum atomic E-state index is 0.608. The third kappa shape index (κ3) is 6.06.